The molecule has 0 aromatic heterocycles. The monoisotopic (exact) mass is 503 g/mol. The molecule has 0 aromatic rings. The van der Waals surface area contributed by atoms with E-state index in [2.05, 4.69) is 17.0 Å². The minimum absolute atomic E-state index is 0.241. The third-order valence-electron chi connectivity index (χ3n) is 5.42. The third kappa shape index (κ3) is 12.3. The SMILES string of the molecule is CCCCCCCCCO[C@@H]1O[C@H](COC(C)=O)[C@H](OC(C)=O)[C@H](OCC(=O)OC)[C@@H]1NC(C)=O. The first-order valence-corrected chi connectivity index (χ1v) is 12.2. The number of ether oxygens (including phenoxy) is 6. The second-order valence-electron chi connectivity index (χ2n) is 8.49. The van der Waals surface area contributed by atoms with Crippen LogP contribution in [0, 0.1) is 0 Å². The summed E-state index contributed by atoms with van der Waals surface area (Å²) in [5, 5.41) is 2.72. The van der Waals surface area contributed by atoms with Crippen LogP contribution >= 0.6 is 0 Å². The fraction of sp³-hybridized carbons (Fsp3) is 0.833. The van der Waals surface area contributed by atoms with E-state index in [9.17, 15) is 19.2 Å². The smallest absolute Gasteiger partial charge is 0.331 e. The third-order valence-corrected chi connectivity index (χ3v) is 5.42. The summed E-state index contributed by atoms with van der Waals surface area (Å²) in [6.07, 6.45) is 3.59. The molecule has 0 aliphatic carbocycles. The molecule has 1 aliphatic heterocycles. The molecule has 1 N–H and O–H groups in total. The lowest BCUT2D eigenvalue weighted by Crippen LogP contribution is -2.66. The molecule has 35 heavy (non-hydrogen) atoms. The molecule has 11 nitrogen and oxygen atoms in total. The number of hydrogen-bond acceptors (Lipinski definition) is 10. The van der Waals surface area contributed by atoms with E-state index in [-0.39, 0.29) is 6.61 Å². The first-order chi connectivity index (χ1) is 16.7. The number of esters is 3. The molecule has 1 heterocycles. The Kier molecular flexibility index (Phi) is 15.2. The van der Waals surface area contributed by atoms with Crippen LogP contribution in [0.1, 0.15) is 72.6 Å². The highest BCUT2D eigenvalue weighted by molar-refractivity contribution is 5.73. The van der Waals surface area contributed by atoms with Crippen molar-refractivity contribution < 1.29 is 47.6 Å². The molecule has 0 unspecified atom stereocenters. The van der Waals surface area contributed by atoms with Crippen molar-refractivity contribution in [1.82, 2.24) is 5.32 Å². The quantitative estimate of drug-likeness (QED) is 0.189. The van der Waals surface area contributed by atoms with E-state index in [1.807, 2.05) is 0 Å². The zero-order valence-corrected chi connectivity index (χ0v) is 21.5. The van der Waals surface area contributed by atoms with Crippen molar-refractivity contribution in [3.8, 4) is 0 Å². The van der Waals surface area contributed by atoms with Crippen LogP contribution in [0.25, 0.3) is 0 Å². The van der Waals surface area contributed by atoms with Crippen LogP contribution < -0.4 is 5.32 Å². The number of hydrogen-bond donors (Lipinski definition) is 1. The predicted molar refractivity (Wildman–Crippen MR) is 124 cm³/mol. The van der Waals surface area contributed by atoms with Gasteiger partial charge in [0.1, 0.15) is 31.5 Å². The summed E-state index contributed by atoms with van der Waals surface area (Å²) in [6.45, 7) is 5.59. The first-order valence-electron chi connectivity index (χ1n) is 12.2. The van der Waals surface area contributed by atoms with Gasteiger partial charge in [0.25, 0.3) is 0 Å². The Morgan fingerprint density at radius 3 is 2.09 bits per heavy atom. The van der Waals surface area contributed by atoms with Crippen LogP contribution in [0.4, 0.5) is 0 Å². The Labute approximate surface area is 207 Å². The van der Waals surface area contributed by atoms with Crippen LogP contribution in [0.2, 0.25) is 0 Å². The lowest BCUT2D eigenvalue weighted by molar-refractivity contribution is -0.281. The topological polar surface area (TPSA) is 136 Å². The molecule has 1 amide bonds. The highest BCUT2D eigenvalue weighted by Crippen LogP contribution is 2.28. The second-order valence-corrected chi connectivity index (χ2v) is 8.49. The maximum atomic E-state index is 12.0. The summed E-state index contributed by atoms with van der Waals surface area (Å²) in [4.78, 5) is 47.0. The Morgan fingerprint density at radius 2 is 1.51 bits per heavy atom. The van der Waals surface area contributed by atoms with Crippen molar-refractivity contribution in [1.29, 1.82) is 0 Å². The van der Waals surface area contributed by atoms with Gasteiger partial charge in [-0.15, -0.1) is 0 Å². The maximum absolute atomic E-state index is 12.0. The molecule has 0 bridgehead atoms. The summed E-state index contributed by atoms with van der Waals surface area (Å²) in [5.74, 6) is -2.24. The molecule has 1 rings (SSSR count). The van der Waals surface area contributed by atoms with Gasteiger partial charge in [0, 0.05) is 27.4 Å². The van der Waals surface area contributed by atoms with Gasteiger partial charge in [-0.3, -0.25) is 14.4 Å². The van der Waals surface area contributed by atoms with Gasteiger partial charge in [0.2, 0.25) is 5.91 Å². The highest BCUT2D eigenvalue weighted by Gasteiger charge is 2.50. The molecular formula is C24H41NO10. The number of carbonyl (C=O) groups is 4. The second kappa shape index (κ2) is 17.2. The number of nitrogens with one attached hydrogen (secondary N) is 1. The van der Waals surface area contributed by atoms with Gasteiger partial charge in [0.05, 0.1) is 7.11 Å². The van der Waals surface area contributed by atoms with Crippen LogP contribution in [0.3, 0.4) is 0 Å². The van der Waals surface area contributed by atoms with Crippen LogP contribution in [-0.2, 0) is 47.6 Å². The van der Waals surface area contributed by atoms with Gasteiger partial charge in [-0.1, -0.05) is 45.4 Å². The molecular weight excluding hydrogens is 462 g/mol. The Bertz CT molecular complexity index is 671. The lowest BCUT2D eigenvalue weighted by Gasteiger charge is -2.45. The molecule has 1 saturated heterocycles. The molecule has 0 radical (unpaired) electrons. The predicted octanol–water partition coefficient (Wildman–Crippen LogP) is 2.04. The fourth-order valence-corrected chi connectivity index (χ4v) is 3.78. The summed E-state index contributed by atoms with van der Waals surface area (Å²) in [5.41, 5.74) is 0. The van der Waals surface area contributed by atoms with E-state index >= 15 is 0 Å². The summed E-state index contributed by atoms with van der Waals surface area (Å²) >= 11 is 0. The number of rotatable bonds is 16. The van der Waals surface area contributed by atoms with E-state index in [0.717, 1.165) is 19.3 Å². The molecule has 11 heteroatoms. The molecule has 1 fully saturated rings. The van der Waals surface area contributed by atoms with Gasteiger partial charge in [0.15, 0.2) is 12.4 Å². The largest absolute Gasteiger partial charge is 0.467 e. The normalized spacial score (nSPS) is 23.9. The van der Waals surface area contributed by atoms with Gasteiger partial charge >= 0.3 is 17.9 Å². The van der Waals surface area contributed by atoms with E-state index < -0.39 is 61.1 Å². The first kappa shape index (κ1) is 30.8. The number of unbranched alkanes of at least 4 members (excludes halogenated alkanes) is 6. The van der Waals surface area contributed by atoms with E-state index in [0.29, 0.717) is 6.61 Å². The van der Waals surface area contributed by atoms with Crippen molar-refractivity contribution >= 4 is 23.8 Å². The standard InChI is InChI=1S/C24H41NO10/c1-6-7-8-9-10-11-12-13-31-24-21(25-16(2)26)23(33-15-20(29)30-5)22(34-18(4)28)19(35-24)14-32-17(3)27/h19,21-24H,6-15H2,1-5H3,(H,25,26)/t19-,21+,22+,23-,24-/m1/s1. The average Bonchev–Trinajstić information content (AvgIpc) is 2.79. The zero-order chi connectivity index (χ0) is 26.2. The van der Waals surface area contributed by atoms with E-state index in [1.165, 1.54) is 53.6 Å². The lowest BCUT2D eigenvalue weighted by atomic mass is 9.96. The summed E-state index contributed by atoms with van der Waals surface area (Å²) in [7, 11) is 1.21. The minimum Gasteiger partial charge on any atom is -0.467 e. The Hall–Kier alpha value is -2.24. The van der Waals surface area contributed by atoms with Crippen LogP contribution in [-0.4, -0.2) is 81.4 Å². The molecule has 0 spiro atoms. The molecule has 1 aliphatic rings. The Balaban J connectivity index is 3.01. The molecule has 0 aromatic carbocycles. The van der Waals surface area contributed by atoms with Gasteiger partial charge < -0.3 is 33.7 Å². The van der Waals surface area contributed by atoms with E-state index in [1.54, 1.807) is 0 Å². The average molecular weight is 504 g/mol. The van der Waals surface area contributed by atoms with Gasteiger partial charge in [-0.05, 0) is 6.42 Å². The van der Waals surface area contributed by atoms with Crippen LogP contribution in [0.15, 0.2) is 0 Å². The minimum atomic E-state index is -1.09. The summed E-state index contributed by atoms with van der Waals surface area (Å²) in [6, 6.07) is -0.903. The molecule has 0 saturated carbocycles. The maximum Gasteiger partial charge on any atom is 0.331 e. The van der Waals surface area contributed by atoms with Crippen molar-refractivity contribution in [3.63, 3.8) is 0 Å². The van der Waals surface area contributed by atoms with E-state index in [4.69, 9.17) is 23.7 Å². The van der Waals surface area contributed by atoms with Gasteiger partial charge in [-0.25, -0.2) is 4.79 Å². The fourth-order valence-electron chi connectivity index (χ4n) is 3.78. The highest BCUT2D eigenvalue weighted by atomic mass is 16.7. The Morgan fingerprint density at radius 1 is 0.857 bits per heavy atom. The van der Waals surface area contributed by atoms with Crippen LogP contribution in [0.5, 0.6) is 0 Å². The van der Waals surface area contributed by atoms with Crippen molar-refractivity contribution in [2.45, 2.75) is 103 Å². The number of carbonyl (C=O) groups excluding carboxylic acids is 4. The van der Waals surface area contributed by atoms with Crippen molar-refractivity contribution in [2.75, 3.05) is 26.9 Å². The number of methoxy groups -OCH3 is 1. The zero-order valence-electron chi connectivity index (χ0n) is 21.5. The molecule has 202 valence electrons. The molecule has 5 atom stereocenters. The van der Waals surface area contributed by atoms with Crippen molar-refractivity contribution in [2.24, 2.45) is 0 Å². The number of amides is 1. The summed E-state index contributed by atoms with van der Waals surface area (Å²) < 4.78 is 32.9. The van der Waals surface area contributed by atoms with Crippen molar-refractivity contribution in [3.05, 3.63) is 0 Å². The van der Waals surface area contributed by atoms with Gasteiger partial charge in [-0.2, -0.15) is 0 Å².